The second-order valence-corrected chi connectivity index (χ2v) is 7.94. The topological polar surface area (TPSA) is 54.6 Å². The molecule has 148 valence electrons. The molecular formula is C21H26N4O2S. The number of thiazole rings is 1. The van der Waals surface area contributed by atoms with Gasteiger partial charge < -0.3 is 9.26 Å². The maximum Gasteiger partial charge on any atom is 0.133 e. The van der Waals surface area contributed by atoms with Gasteiger partial charge in [0.15, 0.2) is 0 Å². The molecule has 0 saturated carbocycles. The first kappa shape index (κ1) is 19.1. The molecule has 0 unspecified atom stereocenters. The first-order valence-electron chi connectivity index (χ1n) is 9.74. The molecule has 3 heterocycles. The molecule has 7 heteroatoms. The summed E-state index contributed by atoms with van der Waals surface area (Å²) in [7, 11) is 0. The third-order valence-electron chi connectivity index (χ3n) is 4.88. The summed E-state index contributed by atoms with van der Waals surface area (Å²) in [6.45, 7) is 10.6. The lowest BCUT2D eigenvalue weighted by atomic mass is 10.2. The third-order valence-corrected chi connectivity index (χ3v) is 5.82. The highest BCUT2D eigenvalue weighted by Gasteiger charge is 2.19. The minimum atomic E-state index is 0.687. The van der Waals surface area contributed by atoms with Crippen molar-refractivity contribution in [2.75, 3.05) is 32.8 Å². The largest absolute Gasteiger partial charge is 0.494 e. The van der Waals surface area contributed by atoms with E-state index in [1.165, 1.54) is 0 Å². The van der Waals surface area contributed by atoms with Crippen molar-refractivity contribution in [3.8, 4) is 16.3 Å². The van der Waals surface area contributed by atoms with Crippen LogP contribution in [-0.4, -0.2) is 52.7 Å². The van der Waals surface area contributed by atoms with Gasteiger partial charge in [-0.15, -0.1) is 11.3 Å². The van der Waals surface area contributed by atoms with E-state index in [-0.39, 0.29) is 0 Å². The van der Waals surface area contributed by atoms with E-state index in [1.807, 2.05) is 32.0 Å². The fourth-order valence-corrected chi connectivity index (χ4v) is 4.25. The molecule has 2 aromatic heterocycles. The Balaban J connectivity index is 1.28. The highest BCUT2D eigenvalue weighted by Crippen LogP contribution is 2.26. The van der Waals surface area contributed by atoms with Gasteiger partial charge in [-0.1, -0.05) is 5.16 Å². The standard InChI is InChI=1S/C21H26N4O2S/c1-3-26-20-6-4-17(5-7-20)21-22-19(15-28-21)14-25-10-8-24(9-11-25)13-18-12-16(2)27-23-18/h4-7,12,15H,3,8-11,13-14H2,1-2H3. The molecule has 0 bridgehead atoms. The second-order valence-electron chi connectivity index (χ2n) is 7.08. The van der Waals surface area contributed by atoms with Crippen molar-refractivity contribution in [1.29, 1.82) is 0 Å². The molecule has 4 rings (SSSR count). The van der Waals surface area contributed by atoms with Crippen molar-refractivity contribution in [3.63, 3.8) is 0 Å². The Bertz CT molecular complexity index is 882. The van der Waals surface area contributed by atoms with E-state index in [0.717, 1.165) is 72.7 Å². The van der Waals surface area contributed by atoms with Crippen molar-refractivity contribution in [3.05, 3.63) is 52.9 Å². The predicted octanol–water partition coefficient (Wildman–Crippen LogP) is 3.82. The zero-order valence-electron chi connectivity index (χ0n) is 16.4. The van der Waals surface area contributed by atoms with Crippen LogP contribution in [0.25, 0.3) is 10.6 Å². The summed E-state index contributed by atoms with van der Waals surface area (Å²) in [6.07, 6.45) is 0. The molecule has 1 fully saturated rings. The van der Waals surface area contributed by atoms with Crippen LogP contribution in [-0.2, 0) is 13.1 Å². The van der Waals surface area contributed by atoms with E-state index >= 15 is 0 Å². The lowest BCUT2D eigenvalue weighted by Crippen LogP contribution is -2.45. The minimum absolute atomic E-state index is 0.687. The van der Waals surface area contributed by atoms with Gasteiger partial charge >= 0.3 is 0 Å². The minimum Gasteiger partial charge on any atom is -0.494 e. The molecule has 0 atom stereocenters. The number of piperazine rings is 1. The van der Waals surface area contributed by atoms with Crippen LogP contribution in [0.15, 0.2) is 40.2 Å². The van der Waals surface area contributed by atoms with Gasteiger partial charge in [-0.25, -0.2) is 4.98 Å². The lowest BCUT2D eigenvalue weighted by Gasteiger charge is -2.33. The lowest BCUT2D eigenvalue weighted by molar-refractivity contribution is 0.119. The molecule has 28 heavy (non-hydrogen) atoms. The maximum absolute atomic E-state index is 5.51. The Morgan fingerprint density at radius 2 is 1.71 bits per heavy atom. The quantitative estimate of drug-likeness (QED) is 0.603. The highest BCUT2D eigenvalue weighted by atomic mass is 32.1. The van der Waals surface area contributed by atoms with E-state index in [2.05, 4.69) is 32.5 Å². The van der Waals surface area contributed by atoms with Gasteiger partial charge in [-0.2, -0.15) is 0 Å². The summed E-state index contributed by atoms with van der Waals surface area (Å²) in [5.74, 6) is 1.78. The molecule has 0 amide bonds. The van der Waals surface area contributed by atoms with Crippen LogP contribution in [0.2, 0.25) is 0 Å². The van der Waals surface area contributed by atoms with Crippen LogP contribution in [0, 0.1) is 6.92 Å². The maximum atomic E-state index is 5.51. The number of aryl methyl sites for hydroxylation is 1. The Kier molecular flexibility index (Phi) is 6.04. The number of hydrogen-bond donors (Lipinski definition) is 0. The molecular weight excluding hydrogens is 372 g/mol. The normalized spacial score (nSPS) is 15.8. The number of benzene rings is 1. The molecule has 0 aliphatic carbocycles. The monoisotopic (exact) mass is 398 g/mol. The summed E-state index contributed by atoms with van der Waals surface area (Å²) in [4.78, 5) is 9.74. The molecule has 0 N–H and O–H groups in total. The van der Waals surface area contributed by atoms with Gasteiger partial charge in [0.2, 0.25) is 0 Å². The fourth-order valence-electron chi connectivity index (χ4n) is 3.43. The van der Waals surface area contributed by atoms with E-state index in [9.17, 15) is 0 Å². The van der Waals surface area contributed by atoms with Gasteiger partial charge in [0.05, 0.1) is 18.0 Å². The summed E-state index contributed by atoms with van der Waals surface area (Å²) in [5.41, 5.74) is 3.31. The van der Waals surface area contributed by atoms with Crippen LogP contribution in [0.3, 0.4) is 0 Å². The first-order valence-corrected chi connectivity index (χ1v) is 10.6. The van der Waals surface area contributed by atoms with Gasteiger partial charge in [0, 0.05) is 56.3 Å². The number of hydrogen-bond acceptors (Lipinski definition) is 7. The predicted molar refractivity (Wildman–Crippen MR) is 111 cm³/mol. The van der Waals surface area contributed by atoms with Crippen molar-refractivity contribution >= 4 is 11.3 Å². The average molecular weight is 399 g/mol. The van der Waals surface area contributed by atoms with E-state index < -0.39 is 0 Å². The summed E-state index contributed by atoms with van der Waals surface area (Å²) < 4.78 is 10.7. The number of aromatic nitrogens is 2. The van der Waals surface area contributed by atoms with E-state index in [0.29, 0.717) is 6.61 Å². The Hall–Kier alpha value is -2.22. The van der Waals surface area contributed by atoms with Crippen LogP contribution >= 0.6 is 11.3 Å². The summed E-state index contributed by atoms with van der Waals surface area (Å²) >= 11 is 1.71. The number of ether oxygens (including phenoxy) is 1. The third kappa shape index (κ3) is 4.79. The van der Waals surface area contributed by atoms with Crippen LogP contribution < -0.4 is 4.74 Å². The highest BCUT2D eigenvalue weighted by molar-refractivity contribution is 7.13. The fraction of sp³-hybridized carbons (Fsp3) is 0.429. The van der Waals surface area contributed by atoms with E-state index in [4.69, 9.17) is 14.2 Å². The van der Waals surface area contributed by atoms with Crippen LogP contribution in [0.1, 0.15) is 24.1 Å². The van der Waals surface area contributed by atoms with Gasteiger partial charge in [0.25, 0.3) is 0 Å². The van der Waals surface area contributed by atoms with Crippen molar-refractivity contribution in [1.82, 2.24) is 19.9 Å². The SMILES string of the molecule is CCOc1ccc(-c2nc(CN3CCN(Cc4cc(C)on4)CC3)cs2)cc1. The van der Waals surface area contributed by atoms with Crippen LogP contribution in [0.5, 0.6) is 5.75 Å². The smallest absolute Gasteiger partial charge is 0.133 e. The zero-order valence-corrected chi connectivity index (χ0v) is 17.2. The Morgan fingerprint density at radius 3 is 2.32 bits per heavy atom. The molecule has 1 saturated heterocycles. The second kappa shape index (κ2) is 8.86. The molecule has 6 nitrogen and oxygen atoms in total. The molecule has 0 spiro atoms. The van der Waals surface area contributed by atoms with Crippen molar-refractivity contribution in [2.45, 2.75) is 26.9 Å². The first-order chi connectivity index (χ1) is 13.7. The van der Waals surface area contributed by atoms with Gasteiger partial charge in [-0.05, 0) is 38.1 Å². The van der Waals surface area contributed by atoms with Crippen molar-refractivity contribution < 1.29 is 9.26 Å². The molecule has 0 radical (unpaired) electrons. The van der Waals surface area contributed by atoms with Crippen molar-refractivity contribution in [2.24, 2.45) is 0 Å². The van der Waals surface area contributed by atoms with Gasteiger partial charge in [0.1, 0.15) is 16.5 Å². The molecule has 3 aromatic rings. The average Bonchev–Trinajstić information content (AvgIpc) is 3.33. The molecule has 1 aliphatic heterocycles. The number of rotatable bonds is 7. The van der Waals surface area contributed by atoms with Crippen LogP contribution in [0.4, 0.5) is 0 Å². The Morgan fingerprint density at radius 1 is 1.04 bits per heavy atom. The summed E-state index contributed by atoms with van der Waals surface area (Å²) in [5, 5.41) is 7.34. The summed E-state index contributed by atoms with van der Waals surface area (Å²) in [6, 6.07) is 10.2. The zero-order chi connectivity index (χ0) is 19.3. The molecule has 1 aromatic carbocycles. The van der Waals surface area contributed by atoms with E-state index in [1.54, 1.807) is 11.3 Å². The molecule has 1 aliphatic rings. The van der Waals surface area contributed by atoms with Gasteiger partial charge in [-0.3, -0.25) is 9.80 Å². The Labute approximate surface area is 169 Å². The number of nitrogens with zero attached hydrogens (tertiary/aromatic N) is 4.